The summed E-state index contributed by atoms with van der Waals surface area (Å²) < 4.78 is 0. The second-order valence-electron chi connectivity index (χ2n) is 7.89. The molecule has 1 saturated heterocycles. The van der Waals surface area contributed by atoms with Gasteiger partial charge in [0.15, 0.2) is 17.3 Å². The lowest BCUT2D eigenvalue weighted by Crippen LogP contribution is -2.31. The van der Waals surface area contributed by atoms with Crippen LogP contribution in [-0.4, -0.2) is 38.9 Å². The summed E-state index contributed by atoms with van der Waals surface area (Å²) in [4.78, 5) is 33.0. The minimum Gasteiger partial charge on any atom is -0.382 e. The van der Waals surface area contributed by atoms with E-state index in [1.807, 2.05) is 36.4 Å². The molecule has 8 nitrogen and oxygen atoms in total. The lowest BCUT2D eigenvalue weighted by atomic mass is 10.1. The fourth-order valence-corrected chi connectivity index (χ4v) is 4.25. The van der Waals surface area contributed by atoms with Crippen molar-refractivity contribution in [2.75, 3.05) is 29.0 Å². The van der Waals surface area contributed by atoms with Gasteiger partial charge in [0.1, 0.15) is 5.69 Å². The van der Waals surface area contributed by atoms with Crippen molar-refractivity contribution in [3.63, 3.8) is 0 Å². The van der Waals surface area contributed by atoms with Crippen LogP contribution in [0.3, 0.4) is 0 Å². The van der Waals surface area contributed by atoms with Crippen LogP contribution in [0.25, 0.3) is 22.2 Å². The molecule has 0 unspecified atom stereocenters. The summed E-state index contributed by atoms with van der Waals surface area (Å²) in [6, 6.07) is 11.2. The first kappa shape index (κ1) is 21.1. The van der Waals surface area contributed by atoms with Crippen LogP contribution >= 0.6 is 11.6 Å². The monoisotopic (exact) mass is 459 g/mol. The maximum Gasteiger partial charge on any atom is 0.279 e. The highest BCUT2D eigenvalue weighted by Crippen LogP contribution is 2.29. The first-order chi connectivity index (χ1) is 16.1. The average molecular weight is 460 g/mol. The fourth-order valence-electron chi connectivity index (χ4n) is 4.07. The van der Waals surface area contributed by atoms with Gasteiger partial charge in [-0.15, -0.1) is 0 Å². The molecule has 3 aromatic heterocycles. The summed E-state index contributed by atoms with van der Waals surface area (Å²) in [5.74, 6) is 0.0353. The molecule has 33 heavy (non-hydrogen) atoms. The van der Waals surface area contributed by atoms with Crippen LogP contribution < -0.4 is 16.0 Å². The number of aromatic nitrogens is 4. The van der Waals surface area contributed by atoms with Gasteiger partial charge in [-0.3, -0.25) is 9.78 Å². The molecule has 0 aliphatic carbocycles. The van der Waals surface area contributed by atoms with E-state index in [2.05, 4.69) is 30.2 Å². The van der Waals surface area contributed by atoms with Gasteiger partial charge >= 0.3 is 0 Å². The van der Waals surface area contributed by atoms with Gasteiger partial charge in [-0.25, -0.2) is 15.0 Å². The Bertz CT molecular complexity index is 1340. The predicted octanol–water partition coefficient (Wildman–Crippen LogP) is 4.57. The van der Waals surface area contributed by atoms with Crippen molar-refractivity contribution < 1.29 is 4.79 Å². The topological polar surface area (TPSA) is 110 Å². The van der Waals surface area contributed by atoms with Crippen molar-refractivity contribution in [2.24, 2.45) is 0 Å². The van der Waals surface area contributed by atoms with Crippen molar-refractivity contribution in [1.82, 2.24) is 19.9 Å². The number of nitrogens with zero attached hydrogens (tertiary/aromatic N) is 5. The molecule has 4 aromatic rings. The fraction of sp³-hybridized carbons (Fsp3) is 0.208. The summed E-state index contributed by atoms with van der Waals surface area (Å²) in [6.45, 7) is 1.86. The second-order valence-corrected chi connectivity index (χ2v) is 8.32. The lowest BCUT2D eigenvalue weighted by molar-refractivity contribution is 0.102. The maximum atomic E-state index is 13.2. The molecular weight excluding hydrogens is 438 g/mol. The number of rotatable bonds is 4. The molecule has 166 valence electrons. The van der Waals surface area contributed by atoms with Gasteiger partial charge in [-0.1, -0.05) is 17.7 Å². The first-order valence-corrected chi connectivity index (χ1v) is 11.2. The number of hydrogen-bond donors (Lipinski definition) is 2. The summed E-state index contributed by atoms with van der Waals surface area (Å²) in [6.07, 6.45) is 8.29. The van der Waals surface area contributed by atoms with E-state index < -0.39 is 5.91 Å². The number of nitrogens with two attached hydrogens (primary N) is 1. The van der Waals surface area contributed by atoms with Gasteiger partial charge in [0.25, 0.3) is 5.91 Å². The first-order valence-electron chi connectivity index (χ1n) is 10.8. The summed E-state index contributed by atoms with van der Waals surface area (Å²) >= 11 is 6.20. The molecule has 9 heteroatoms. The van der Waals surface area contributed by atoms with Gasteiger partial charge in [-0.2, -0.15) is 0 Å². The van der Waals surface area contributed by atoms with Crippen molar-refractivity contribution >= 4 is 45.6 Å². The molecule has 1 aromatic carbocycles. The van der Waals surface area contributed by atoms with Crippen LogP contribution in [0.15, 0.2) is 55.0 Å². The van der Waals surface area contributed by atoms with Crippen molar-refractivity contribution in [3.8, 4) is 11.4 Å². The molecule has 0 spiro atoms. The standard InChI is InChI=1S/C24H22ClN7O/c25-16-7-6-15-8-10-27-20(17(15)13-16)18-14-29-22(26)21(30-18)24(33)31-23-19(5-4-9-28-23)32-11-2-1-3-12-32/h4-10,13-14H,1-3,11-12H2,(H2,26,29)(H,28,31,33). The van der Waals surface area contributed by atoms with E-state index in [4.69, 9.17) is 17.3 Å². The van der Waals surface area contributed by atoms with Gasteiger partial charge in [0.05, 0.1) is 17.6 Å². The number of nitrogens with one attached hydrogen (secondary N) is 1. The van der Waals surface area contributed by atoms with E-state index in [1.54, 1.807) is 12.4 Å². The maximum absolute atomic E-state index is 13.2. The van der Waals surface area contributed by atoms with Crippen LogP contribution in [0.2, 0.25) is 5.02 Å². The Balaban J connectivity index is 1.49. The Hall–Kier alpha value is -3.78. The number of benzene rings is 1. The quantitative estimate of drug-likeness (QED) is 0.460. The summed E-state index contributed by atoms with van der Waals surface area (Å²) in [5, 5.41) is 5.22. The third-order valence-corrected chi connectivity index (χ3v) is 5.94. The Morgan fingerprint density at radius 1 is 1.03 bits per heavy atom. The summed E-state index contributed by atoms with van der Waals surface area (Å²) in [7, 11) is 0. The second kappa shape index (κ2) is 8.99. The van der Waals surface area contributed by atoms with E-state index >= 15 is 0 Å². The number of pyridine rings is 2. The molecule has 0 atom stereocenters. The molecule has 3 N–H and O–H groups in total. The number of fused-ring (bicyclic) bond motifs is 1. The molecule has 0 radical (unpaired) electrons. The number of hydrogen-bond acceptors (Lipinski definition) is 7. The van der Waals surface area contributed by atoms with Crippen molar-refractivity contribution in [3.05, 3.63) is 65.7 Å². The van der Waals surface area contributed by atoms with Crippen LogP contribution in [0.4, 0.5) is 17.3 Å². The predicted molar refractivity (Wildman–Crippen MR) is 130 cm³/mol. The van der Waals surface area contributed by atoms with Crippen molar-refractivity contribution in [2.45, 2.75) is 19.3 Å². The summed E-state index contributed by atoms with van der Waals surface area (Å²) in [5.41, 5.74) is 7.94. The number of amides is 1. The zero-order valence-corrected chi connectivity index (χ0v) is 18.6. The van der Waals surface area contributed by atoms with E-state index in [-0.39, 0.29) is 11.5 Å². The van der Waals surface area contributed by atoms with E-state index in [0.29, 0.717) is 22.2 Å². The normalized spacial score (nSPS) is 13.8. The highest BCUT2D eigenvalue weighted by molar-refractivity contribution is 6.31. The Labute approximate surface area is 195 Å². The minimum absolute atomic E-state index is 0.0172. The molecule has 0 saturated carbocycles. The molecule has 1 amide bonds. The number of piperidine rings is 1. The molecule has 1 aliphatic heterocycles. The highest BCUT2D eigenvalue weighted by Gasteiger charge is 2.21. The smallest absolute Gasteiger partial charge is 0.279 e. The number of anilines is 3. The highest BCUT2D eigenvalue weighted by atomic mass is 35.5. The minimum atomic E-state index is -0.475. The Morgan fingerprint density at radius 3 is 2.73 bits per heavy atom. The number of halogens is 1. The SMILES string of the molecule is Nc1ncc(-c2nccc3ccc(Cl)cc23)nc1C(=O)Nc1ncccc1N1CCCCC1. The zero-order chi connectivity index (χ0) is 22.8. The van der Waals surface area contributed by atoms with Crippen LogP contribution in [0.1, 0.15) is 29.8 Å². The Kier molecular flexibility index (Phi) is 5.75. The lowest BCUT2D eigenvalue weighted by Gasteiger charge is -2.29. The average Bonchev–Trinajstić information content (AvgIpc) is 2.85. The largest absolute Gasteiger partial charge is 0.382 e. The number of carbonyl (C=O) groups excluding carboxylic acids is 1. The van der Waals surface area contributed by atoms with Crippen LogP contribution in [0.5, 0.6) is 0 Å². The van der Waals surface area contributed by atoms with E-state index in [1.165, 1.54) is 12.6 Å². The molecular formula is C24H22ClN7O. The molecule has 1 aliphatic rings. The molecule has 5 rings (SSSR count). The van der Waals surface area contributed by atoms with E-state index in [9.17, 15) is 4.79 Å². The number of carbonyl (C=O) groups is 1. The van der Waals surface area contributed by atoms with Gasteiger partial charge < -0.3 is 16.0 Å². The number of nitrogen functional groups attached to an aromatic ring is 1. The van der Waals surface area contributed by atoms with Gasteiger partial charge in [0.2, 0.25) is 0 Å². The van der Waals surface area contributed by atoms with Gasteiger partial charge in [0, 0.05) is 35.9 Å². The van der Waals surface area contributed by atoms with Crippen LogP contribution in [-0.2, 0) is 0 Å². The third kappa shape index (κ3) is 4.29. The van der Waals surface area contributed by atoms with Crippen molar-refractivity contribution in [1.29, 1.82) is 0 Å². The Morgan fingerprint density at radius 2 is 1.88 bits per heavy atom. The van der Waals surface area contributed by atoms with E-state index in [0.717, 1.165) is 42.4 Å². The zero-order valence-electron chi connectivity index (χ0n) is 17.8. The molecule has 1 fully saturated rings. The van der Waals surface area contributed by atoms with Gasteiger partial charge in [-0.05, 0) is 55.0 Å². The molecule has 0 bridgehead atoms. The molecule has 4 heterocycles. The van der Waals surface area contributed by atoms with Crippen LogP contribution in [0, 0.1) is 0 Å². The third-order valence-electron chi connectivity index (χ3n) is 5.70.